The lowest BCUT2D eigenvalue weighted by molar-refractivity contribution is 0.259. The van der Waals surface area contributed by atoms with Crippen molar-refractivity contribution in [3.8, 4) is 0 Å². The minimum absolute atomic E-state index is 0.0310. The number of halogens is 2. The summed E-state index contributed by atoms with van der Waals surface area (Å²) < 4.78 is 28.4. The zero-order valence-corrected chi connectivity index (χ0v) is 17.1. The van der Waals surface area contributed by atoms with Crippen LogP contribution in [-0.2, 0) is 5.75 Å². The molecule has 150 valence electrons. The number of nitrogens with two attached hydrogens (primary N) is 1. The van der Waals surface area contributed by atoms with Crippen molar-refractivity contribution < 1.29 is 13.9 Å². The molecular weight excluding hydrogens is 404 g/mol. The summed E-state index contributed by atoms with van der Waals surface area (Å²) in [5.74, 6) is -0.288. The molecular formula is C18H21F2N5OS2. The second-order valence-corrected chi connectivity index (χ2v) is 8.68. The van der Waals surface area contributed by atoms with Crippen molar-refractivity contribution >= 4 is 44.4 Å². The molecule has 2 heterocycles. The topological polar surface area (TPSA) is 97.0 Å². The minimum atomic E-state index is -0.609. The van der Waals surface area contributed by atoms with Crippen LogP contribution in [0, 0.1) is 17.6 Å². The van der Waals surface area contributed by atoms with E-state index in [1.807, 2.05) is 0 Å². The summed E-state index contributed by atoms with van der Waals surface area (Å²) in [5, 5.41) is 13.6. The first-order chi connectivity index (χ1) is 13.4. The number of benzene rings is 1. The van der Waals surface area contributed by atoms with E-state index in [-0.39, 0.29) is 24.0 Å². The lowest BCUT2D eigenvalue weighted by Crippen LogP contribution is -2.26. The molecule has 0 fully saturated rings. The Bertz CT molecular complexity index is 946. The predicted molar refractivity (Wildman–Crippen MR) is 109 cm³/mol. The number of hydrogen-bond acceptors (Lipinski definition) is 8. The number of thiazole rings is 1. The zero-order chi connectivity index (χ0) is 20.3. The van der Waals surface area contributed by atoms with E-state index in [1.54, 1.807) is 0 Å². The molecule has 0 saturated heterocycles. The Labute approximate surface area is 169 Å². The van der Waals surface area contributed by atoms with Crippen molar-refractivity contribution in [1.82, 2.24) is 15.0 Å². The molecule has 0 aliphatic heterocycles. The van der Waals surface area contributed by atoms with Crippen molar-refractivity contribution in [2.75, 3.05) is 17.7 Å². The quantitative estimate of drug-likeness (QED) is 0.370. The lowest BCUT2D eigenvalue weighted by atomic mass is 10.0. The molecule has 0 aliphatic rings. The molecule has 6 nitrogen and oxygen atoms in total. The van der Waals surface area contributed by atoms with Gasteiger partial charge in [0.25, 0.3) is 0 Å². The molecule has 0 spiro atoms. The van der Waals surface area contributed by atoms with Crippen molar-refractivity contribution in [3.63, 3.8) is 0 Å². The van der Waals surface area contributed by atoms with E-state index in [1.165, 1.54) is 29.5 Å². The third kappa shape index (κ3) is 4.86. The highest BCUT2D eigenvalue weighted by Gasteiger charge is 2.18. The Morgan fingerprint density at radius 3 is 2.57 bits per heavy atom. The van der Waals surface area contributed by atoms with Crippen molar-refractivity contribution in [2.24, 2.45) is 5.92 Å². The monoisotopic (exact) mass is 425 g/mol. The van der Waals surface area contributed by atoms with Gasteiger partial charge in [0.1, 0.15) is 16.3 Å². The van der Waals surface area contributed by atoms with Gasteiger partial charge in [-0.1, -0.05) is 43.0 Å². The molecule has 0 saturated carbocycles. The van der Waals surface area contributed by atoms with Crippen LogP contribution in [0.1, 0.15) is 25.8 Å². The molecule has 0 amide bonds. The van der Waals surface area contributed by atoms with E-state index in [0.29, 0.717) is 32.4 Å². The highest BCUT2D eigenvalue weighted by molar-refractivity contribution is 7.98. The summed E-state index contributed by atoms with van der Waals surface area (Å²) in [7, 11) is 0. The summed E-state index contributed by atoms with van der Waals surface area (Å²) in [6.45, 7) is 4.07. The molecule has 1 aromatic carbocycles. The van der Waals surface area contributed by atoms with Crippen LogP contribution in [0.2, 0.25) is 0 Å². The van der Waals surface area contributed by atoms with Crippen LogP contribution in [-0.4, -0.2) is 32.7 Å². The summed E-state index contributed by atoms with van der Waals surface area (Å²) in [6, 6.07) is 3.57. The number of aliphatic hydroxyl groups excluding tert-OH is 1. The smallest absolute Gasteiger partial charge is 0.191 e. The maximum Gasteiger partial charge on any atom is 0.191 e. The maximum atomic E-state index is 13.9. The molecule has 2 aromatic heterocycles. The minimum Gasteiger partial charge on any atom is -0.394 e. The second kappa shape index (κ2) is 8.97. The summed E-state index contributed by atoms with van der Waals surface area (Å²) >= 11 is 2.35. The Morgan fingerprint density at radius 1 is 1.21 bits per heavy atom. The summed E-state index contributed by atoms with van der Waals surface area (Å²) in [5.41, 5.74) is 6.20. The maximum absolute atomic E-state index is 13.9. The number of aromatic nitrogens is 3. The number of hydrogen-bond donors (Lipinski definition) is 3. The number of nitrogens with one attached hydrogen (secondary N) is 1. The van der Waals surface area contributed by atoms with Gasteiger partial charge in [-0.25, -0.2) is 23.7 Å². The molecule has 0 radical (unpaired) electrons. The number of anilines is 2. The van der Waals surface area contributed by atoms with Gasteiger partial charge in [-0.3, -0.25) is 0 Å². The highest BCUT2D eigenvalue weighted by Crippen LogP contribution is 2.32. The van der Waals surface area contributed by atoms with E-state index in [2.05, 4.69) is 34.1 Å². The van der Waals surface area contributed by atoms with Crippen LogP contribution in [0.3, 0.4) is 0 Å². The summed E-state index contributed by atoms with van der Waals surface area (Å²) in [6.07, 6.45) is 0.749. The van der Waals surface area contributed by atoms with Crippen LogP contribution in [0.25, 0.3) is 10.3 Å². The Balaban J connectivity index is 1.89. The van der Waals surface area contributed by atoms with Gasteiger partial charge in [0.15, 0.2) is 21.8 Å². The predicted octanol–water partition coefficient (Wildman–Crippen LogP) is 4.06. The fourth-order valence-corrected chi connectivity index (χ4v) is 4.31. The van der Waals surface area contributed by atoms with Crippen LogP contribution in [0.4, 0.5) is 19.7 Å². The standard InChI is InChI=1S/C18H21F2N5OS2/c1-9(2)6-10(7-26)22-15-14-16(23-17(21)28-14)25-18(24-15)27-8-11-12(19)4-3-5-13(11)20/h3-5,9-10,26H,6-8H2,1-2H3,(H3,21,22,23,24,25). The van der Waals surface area contributed by atoms with E-state index in [9.17, 15) is 13.9 Å². The largest absolute Gasteiger partial charge is 0.394 e. The van der Waals surface area contributed by atoms with Crippen molar-refractivity contribution in [3.05, 3.63) is 35.4 Å². The third-order valence-electron chi connectivity index (χ3n) is 3.97. The second-order valence-electron chi connectivity index (χ2n) is 6.70. The molecule has 10 heteroatoms. The average molecular weight is 426 g/mol. The highest BCUT2D eigenvalue weighted by atomic mass is 32.2. The third-order valence-corrected chi connectivity index (χ3v) is 5.73. The van der Waals surface area contributed by atoms with E-state index < -0.39 is 11.6 Å². The first-order valence-electron chi connectivity index (χ1n) is 8.74. The fourth-order valence-electron chi connectivity index (χ4n) is 2.73. The molecule has 1 atom stereocenters. The average Bonchev–Trinajstić information content (AvgIpc) is 3.00. The molecule has 3 aromatic rings. The fraction of sp³-hybridized carbons (Fsp3) is 0.389. The zero-order valence-electron chi connectivity index (χ0n) is 15.4. The van der Waals surface area contributed by atoms with Crippen molar-refractivity contribution in [1.29, 1.82) is 0 Å². The van der Waals surface area contributed by atoms with E-state index in [4.69, 9.17) is 5.73 Å². The molecule has 1 unspecified atom stereocenters. The molecule has 4 N–H and O–H groups in total. The van der Waals surface area contributed by atoms with Crippen LogP contribution in [0.15, 0.2) is 23.4 Å². The first kappa shape index (κ1) is 20.7. The number of fused-ring (bicyclic) bond motifs is 1. The molecule has 0 bridgehead atoms. The SMILES string of the molecule is CC(C)CC(CO)Nc1nc(SCc2c(F)cccc2F)nc2nc(N)sc12. The first-order valence-corrected chi connectivity index (χ1v) is 10.5. The van der Waals surface area contributed by atoms with Gasteiger partial charge in [-0.15, -0.1) is 0 Å². The Morgan fingerprint density at radius 2 is 1.93 bits per heavy atom. The van der Waals surface area contributed by atoms with Gasteiger partial charge in [0, 0.05) is 11.3 Å². The Hall–Kier alpha value is -2.04. The van der Waals surface area contributed by atoms with Gasteiger partial charge in [-0.05, 0) is 24.5 Å². The van der Waals surface area contributed by atoms with E-state index >= 15 is 0 Å². The number of nitrogen functional groups attached to an aromatic ring is 1. The lowest BCUT2D eigenvalue weighted by Gasteiger charge is -2.19. The molecule has 3 rings (SSSR count). The van der Waals surface area contributed by atoms with Gasteiger partial charge in [-0.2, -0.15) is 0 Å². The molecule has 0 aliphatic carbocycles. The van der Waals surface area contributed by atoms with E-state index in [0.717, 1.165) is 18.2 Å². The van der Waals surface area contributed by atoms with Gasteiger partial charge < -0.3 is 16.2 Å². The number of nitrogens with zero attached hydrogens (tertiary/aromatic N) is 3. The van der Waals surface area contributed by atoms with Gasteiger partial charge in [0.05, 0.1) is 12.6 Å². The van der Waals surface area contributed by atoms with Crippen LogP contribution < -0.4 is 11.1 Å². The normalized spacial score (nSPS) is 12.6. The summed E-state index contributed by atoms with van der Waals surface area (Å²) in [4.78, 5) is 13.0. The van der Waals surface area contributed by atoms with Crippen LogP contribution in [0.5, 0.6) is 0 Å². The van der Waals surface area contributed by atoms with Gasteiger partial charge in [0.2, 0.25) is 0 Å². The van der Waals surface area contributed by atoms with Crippen LogP contribution >= 0.6 is 23.1 Å². The number of rotatable bonds is 8. The number of aliphatic hydroxyl groups is 1. The van der Waals surface area contributed by atoms with Gasteiger partial charge >= 0.3 is 0 Å². The molecule has 28 heavy (non-hydrogen) atoms. The Kier molecular flexibility index (Phi) is 6.63. The number of thioether (sulfide) groups is 1. The van der Waals surface area contributed by atoms with Crippen molar-refractivity contribution in [2.45, 2.75) is 37.2 Å².